The Morgan fingerprint density at radius 2 is 2.00 bits per heavy atom. The van der Waals surface area contributed by atoms with Crippen molar-refractivity contribution in [3.63, 3.8) is 0 Å². The molecule has 2 rings (SSSR count). The molecule has 1 nitrogen and oxygen atoms in total. The van der Waals surface area contributed by atoms with Crippen molar-refractivity contribution < 1.29 is 0 Å². The first-order valence-electron chi connectivity index (χ1n) is 5.45. The van der Waals surface area contributed by atoms with E-state index in [0.717, 1.165) is 20.8 Å². The lowest BCUT2D eigenvalue weighted by Gasteiger charge is -2.13. The third-order valence-corrected chi connectivity index (χ3v) is 3.61. The standard InChI is InChI=1S/C14H13BrClN/c1-9-3-5-12(13(16)7-9)10(2)14-6-4-11(15)8-17-14/h3-8,10H,1-2H3. The summed E-state index contributed by atoms with van der Waals surface area (Å²) in [6.45, 7) is 4.16. The molecule has 0 fully saturated rings. The lowest BCUT2D eigenvalue weighted by atomic mass is 9.96. The van der Waals surface area contributed by atoms with Crippen molar-refractivity contribution in [1.82, 2.24) is 4.98 Å². The zero-order valence-corrected chi connectivity index (χ0v) is 12.1. The van der Waals surface area contributed by atoms with Gasteiger partial charge in [-0.3, -0.25) is 4.98 Å². The molecule has 0 spiro atoms. The average molecular weight is 311 g/mol. The van der Waals surface area contributed by atoms with Gasteiger partial charge in [0.25, 0.3) is 0 Å². The molecular weight excluding hydrogens is 298 g/mol. The van der Waals surface area contributed by atoms with Crippen molar-refractivity contribution in [2.75, 3.05) is 0 Å². The second-order valence-corrected chi connectivity index (χ2v) is 5.47. The van der Waals surface area contributed by atoms with Gasteiger partial charge in [0.1, 0.15) is 0 Å². The van der Waals surface area contributed by atoms with Gasteiger partial charge in [-0.05, 0) is 52.2 Å². The first-order chi connectivity index (χ1) is 8.08. The molecule has 0 saturated heterocycles. The number of aryl methyl sites for hydroxylation is 1. The lowest BCUT2D eigenvalue weighted by Crippen LogP contribution is -1.99. The summed E-state index contributed by atoms with van der Waals surface area (Å²) in [5, 5.41) is 0.808. The van der Waals surface area contributed by atoms with Gasteiger partial charge in [0, 0.05) is 27.3 Å². The molecule has 3 heteroatoms. The van der Waals surface area contributed by atoms with Crippen LogP contribution in [-0.2, 0) is 0 Å². The van der Waals surface area contributed by atoms with Gasteiger partial charge in [0.05, 0.1) is 0 Å². The highest BCUT2D eigenvalue weighted by Crippen LogP contribution is 2.29. The first kappa shape index (κ1) is 12.6. The van der Waals surface area contributed by atoms with Gasteiger partial charge < -0.3 is 0 Å². The Labute approximate surface area is 115 Å². The summed E-state index contributed by atoms with van der Waals surface area (Å²) in [4.78, 5) is 4.41. The van der Waals surface area contributed by atoms with E-state index in [1.807, 2.05) is 31.3 Å². The monoisotopic (exact) mass is 309 g/mol. The molecule has 0 aliphatic heterocycles. The number of hydrogen-bond donors (Lipinski definition) is 0. The molecule has 0 aliphatic carbocycles. The number of pyridine rings is 1. The molecule has 1 heterocycles. The molecule has 0 amide bonds. The van der Waals surface area contributed by atoms with Crippen LogP contribution in [0.3, 0.4) is 0 Å². The minimum Gasteiger partial charge on any atom is -0.259 e. The summed E-state index contributed by atoms with van der Waals surface area (Å²) in [5.74, 6) is 0.205. The van der Waals surface area contributed by atoms with Crippen LogP contribution < -0.4 is 0 Å². The quantitative estimate of drug-likeness (QED) is 0.764. The van der Waals surface area contributed by atoms with E-state index in [1.54, 1.807) is 0 Å². The topological polar surface area (TPSA) is 12.9 Å². The number of halogens is 2. The van der Waals surface area contributed by atoms with Gasteiger partial charge in [0.15, 0.2) is 0 Å². The second-order valence-electron chi connectivity index (χ2n) is 4.15. The predicted octanol–water partition coefficient (Wildman–Crippen LogP) is 4.96. The highest BCUT2D eigenvalue weighted by molar-refractivity contribution is 9.10. The number of hydrogen-bond acceptors (Lipinski definition) is 1. The van der Waals surface area contributed by atoms with Gasteiger partial charge in [-0.25, -0.2) is 0 Å². The van der Waals surface area contributed by atoms with Crippen LogP contribution in [0.4, 0.5) is 0 Å². The fourth-order valence-corrected chi connectivity index (χ4v) is 2.42. The Kier molecular flexibility index (Phi) is 3.85. The largest absolute Gasteiger partial charge is 0.259 e. The summed E-state index contributed by atoms with van der Waals surface area (Å²) in [6, 6.07) is 10.2. The van der Waals surface area contributed by atoms with E-state index in [4.69, 9.17) is 11.6 Å². The molecule has 0 saturated carbocycles. The zero-order chi connectivity index (χ0) is 12.4. The molecular formula is C14H13BrClN. The maximum atomic E-state index is 6.27. The van der Waals surface area contributed by atoms with Gasteiger partial charge in [0.2, 0.25) is 0 Å². The van der Waals surface area contributed by atoms with E-state index in [-0.39, 0.29) is 5.92 Å². The maximum Gasteiger partial charge on any atom is 0.0476 e. The molecule has 88 valence electrons. The summed E-state index contributed by atoms with van der Waals surface area (Å²) in [6.07, 6.45) is 1.81. The minimum absolute atomic E-state index is 0.205. The normalized spacial score (nSPS) is 12.5. The number of benzene rings is 1. The SMILES string of the molecule is Cc1ccc(C(C)c2ccc(Br)cn2)c(Cl)c1. The average Bonchev–Trinajstić information content (AvgIpc) is 2.29. The van der Waals surface area contributed by atoms with Crippen LogP contribution >= 0.6 is 27.5 Å². The first-order valence-corrected chi connectivity index (χ1v) is 6.62. The van der Waals surface area contributed by atoms with Crippen LogP contribution in [0.5, 0.6) is 0 Å². The Morgan fingerprint density at radius 1 is 1.24 bits per heavy atom. The van der Waals surface area contributed by atoms with Crippen molar-refractivity contribution in [3.8, 4) is 0 Å². The van der Waals surface area contributed by atoms with Crippen LogP contribution in [0.2, 0.25) is 5.02 Å². The van der Waals surface area contributed by atoms with Gasteiger partial charge in [-0.2, -0.15) is 0 Å². The number of nitrogens with zero attached hydrogens (tertiary/aromatic N) is 1. The van der Waals surface area contributed by atoms with Crippen molar-refractivity contribution >= 4 is 27.5 Å². The predicted molar refractivity (Wildman–Crippen MR) is 75.6 cm³/mol. The smallest absolute Gasteiger partial charge is 0.0476 e. The van der Waals surface area contributed by atoms with E-state index in [1.165, 1.54) is 5.56 Å². The van der Waals surface area contributed by atoms with Crippen molar-refractivity contribution in [1.29, 1.82) is 0 Å². The third-order valence-electron chi connectivity index (χ3n) is 2.82. The lowest BCUT2D eigenvalue weighted by molar-refractivity contribution is 0.869. The van der Waals surface area contributed by atoms with Crippen molar-refractivity contribution in [2.45, 2.75) is 19.8 Å². The van der Waals surface area contributed by atoms with Crippen LogP contribution in [0, 0.1) is 6.92 Å². The Morgan fingerprint density at radius 3 is 2.59 bits per heavy atom. The van der Waals surface area contributed by atoms with E-state index < -0.39 is 0 Å². The maximum absolute atomic E-state index is 6.27. The molecule has 1 atom stereocenters. The van der Waals surface area contributed by atoms with Gasteiger partial charge in [-0.15, -0.1) is 0 Å². The number of rotatable bonds is 2. The van der Waals surface area contributed by atoms with E-state index >= 15 is 0 Å². The van der Waals surface area contributed by atoms with Crippen LogP contribution in [0.1, 0.15) is 29.7 Å². The third kappa shape index (κ3) is 2.88. The Bertz CT molecular complexity index is 522. The van der Waals surface area contributed by atoms with Crippen molar-refractivity contribution in [3.05, 3.63) is 62.8 Å². The fourth-order valence-electron chi connectivity index (χ4n) is 1.79. The van der Waals surface area contributed by atoms with Crippen LogP contribution in [0.25, 0.3) is 0 Å². The molecule has 0 bridgehead atoms. The second kappa shape index (κ2) is 5.19. The Balaban J connectivity index is 2.36. The van der Waals surface area contributed by atoms with Gasteiger partial charge >= 0.3 is 0 Å². The molecule has 1 aromatic heterocycles. The molecule has 2 aromatic rings. The van der Waals surface area contributed by atoms with Crippen LogP contribution in [0.15, 0.2) is 41.0 Å². The minimum atomic E-state index is 0.205. The Hall–Kier alpha value is -0.860. The van der Waals surface area contributed by atoms with E-state index in [2.05, 4.69) is 40.0 Å². The highest BCUT2D eigenvalue weighted by atomic mass is 79.9. The molecule has 0 aliphatic rings. The zero-order valence-electron chi connectivity index (χ0n) is 9.74. The number of aromatic nitrogens is 1. The molecule has 1 unspecified atom stereocenters. The van der Waals surface area contributed by atoms with E-state index in [9.17, 15) is 0 Å². The summed E-state index contributed by atoms with van der Waals surface area (Å²) >= 11 is 9.65. The summed E-state index contributed by atoms with van der Waals surface area (Å²) < 4.78 is 0.989. The molecule has 17 heavy (non-hydrogen) atoms. The molecule has 0 N–H and O–H groups in total. The fraction of sp³-hybridized carbons (Fsp3) is 0.214. The highest BCUT2D eigenvalue weighted by Gasteiger charge is 2.13. The molecule has 0 radical (unpaired) electrons. The van der Waals surface area contributed by atoms with Gasteiger partial charge in [-0.1, -0.05) is 30.7 Å². The van der Waals surface area contributed by atoms with E-state index in [0.29, 0.717) is 0 Å². The van der Waals surface area contributed by atoms with Crippen LogP contribution in [-0.4, -0.2) is 4.98 Å². The van der Waals surface area contributed by atoms with Crippen molar-refractivity contribution in [2.24, 2.45) is 0 Å². The molecule has 1 aromatic carbocycles. The summed E-state index contributed by atoms with van der Waals surface area (Å²) in [7, 11) is 0. The summed E-state index contributed by atoms with van der Waals surface area (Å²) in [5.41, 5.74) is 3.32.